The number of allylic oxidation sites excluding steroid dienone is 1. The predicted molar refractivity (Wildman–Crippen MR) is 169 cm³/mol. The lowest BCUT2D eigenvalue weighted by Gasteiger charge is -2.26. The van der Waals surface area contributed by atoms with Crippen molar-refractivity contribution in [1.82, 2.24) is 9.47 Å². The largest absolute Gasteiger partial charge is 0.497 e. The molecule has 3 heterocycles. The minimum Gasteiger partial charge on any atom is -0.497 e. The first-order valence-corrected chi connectivity index (χ1v) is 15.7. The minimum absolute atomic E-state index is 0.0549. The molecule has 0 bridgehead atoms. The molecule has 1 fully saturated rings. The number of carbonyl (C=O) groups is 2. The van der Waals surface area contributed by atoms with E-state index in [4.69, 9.17) is 23.7 Å². The smallest absolute Gasteiger partial charge is 0.338 e. The van der Waals surface area contributed by atoms with Crippen molar-refractivity contribution in [3.05, 3.63) is 78.5 Å². The molecule has 5 rings (SSSR count). The number of carbonyl (C=O) groups excluding carboxylic acids is 2. The number of methoxy groups -OCH3 is 2. The summed E-state index contributed by atoms with van der Waals surface area (Å²) in [4.78, 5) is 46.7. The highest BCUT2D eigenvalue weighted by molar-refractivity contribution is 7.07. The molecule has 1 amide bonds. The van der Waals surface area contributed by atoms with E-state index in [1.807, 2.05) is 6.92 Å². The lowest BCUT2D eigenvalue weighted by atomic mass is 9.95. The number of ether oxygens (including phenoxy) is 5. The van der Waals surface area contributed by atoms with Gasteiger partial charge in [0.25, 0.3) is 11.5 Å². The van der Waals surface area contributed by atoms with Gasteiger partial charge in [-0.3, -0.25) is 14.2 Å². The third kappa shape index (κ3) is 6.60. The topological polar surface area (TPSA) is 118 Å². The van der Waals surface area contributed by atoms with Gasteiger partial charge >= 0.3 is 5.97 Å². The summed E-state index contributed by atoms with van der Waals surface area (Å²) < 4.78 is 30.0. The fourth-order valence-electron chi connectivity index (χ4n) is 5.48. The Bertz CT molecular complexity index is 1800. The maximum absolute atomic E-state index is 14.1. The van der Waals surface area contributed by atoms with Gasteiger partial charge in [0, 0.05) is 24.7 Å². The number of likely N-dealkylation sites (tertiary alicyclic amines) is 1. The molecule has 45 heavy (non-hydrogen) atoms. The molecular formula is C33H37N3O8S. The first-order valence-electron chi connectivity index (χ1n) is 14.9. The fourth-order valence-corrected chi connectivity index (χ4v) is 6.53. The number of rotatable bonds is 11. The first-order chi connectivity index (χ1) is 21.8. The van der Waals surface area contributed by atoms with Gasteiger partial charge in [-0.2, -0.15) is 0 Å². The molecule has 3 aromatic rings. The van der Waals surface area contributed by atoms with Gasteiger partial charge in [-0.15, -0.1) is 0 Å². The van der Waals surface area contributed by atoms with Crippen LogP contribution in [-0.4, -0.2) is 68.5 Å². The number of aromatic nitrogens is 1. The number of benzene rings is 2. The number of hydrogen-bond donors (Lipinski definition) is 0. The van der Waals surface area contributed by atoms with Crippen LogP contribution in [0.25, 0.3) is 6.08 Å². The predicted octanol–water partition coefficient (Wildman–Crippen LogP) is 3.22. The quantitative estimate of drug-likeness (QED) is 0.295. The van der Waals surface area contributed by atoms with Crippen LogP contribution in [0.4, 0.5) is 0 Å². The number of thiazole rings is 1. The van der Waals surface area contributed by atoms with E-state index in [9.17, 15) is 14.4 Å². The Morgan fingerprint density at radius 2 is 1.76 bits per heavy atom. The molecule has 2 aliphatic rings. The summed E-state index contributed by atoms with van der Waals surface area (Å²) in [6.07, 6.45) is 3.76. The number of nitrogens with zero attached hydrogens (tertiary/aromatic N) is 3. The van der Waals surface area contributed by atoms with Gasteiger partial charge < -0.3 is 28.6 Å². The van der Waals surface area contributed by atoms with Crippen molar-refractivity contribution >= 4 is 29.3 Å². The molecular weight excluding hydrogens is 598 g/mol. The summed E-state index contributed by atoms with van der Waals surface area (Å²) >= 11 is 1.21. The highest BCUT2D eigenvalue weighted by Crippen LogP contribution is 2.37. The Labute approximate surface area is 265 Å². The van der Waals surface area contributed by atoms with Crippen LogP contribution in [0.1, 0.15) is 50.8 Å². The lowest BCUT2D eigenvalue weighted by Crippen LogP contribution is -2.40. The average molecular weight is 636 g/mol. The monoisotopic (exact) mass is 635 g/mol. The van der Waals surface area contributed by atoms with Crippen LogP contribution in [0.5, 0.6) is 23.0 Å². The van der Waals surface area contributed by atoms with E-state index in [1.54, 1.807) is 68.3 Å². The Hall–Kier alpha value is -4.58. The maximum Gasteiger partial charge on any atom is 0.338 e. The van der Waals surface area contributed by atoms with E-state index >= 15 is 0 Å². The van der Waals surface area contributed by atoms with Crippen LogP contribution >= 0.6 is 11.3 Å². The molecule has 11 nitrogen and oxygen atoms in total. The molecule has 2 aromatic carbocycles. The zero-order chi connectivity index (χ0) is 32.1. The van der Waals surface area contributed by atoms with Gasteiger partial charge in [-0.05, 0) is 69.5 Å². The van der Waals surface area contributed by atoms with Crippen molar-refractivity contribution in [2.45, 2.75) is 39.7 Å². The molecule has 1 atom stereocenters. The number of esters is 1. The SMILES string of the molecule is CCOC(=O)C1=C(C)N=c2s/c(=C/c3ccc(OCC(=O)N4CCCC4)c(OCC)c3)c(=O)n2[C@H]1c1ccc(OC)cc1OC. The van der Waals surface area contributed by atoms with E-state index in [2.05, 4.69) is 4.99 Å². The van der Waals surface area contributed by atoms with E-state index in [-0.39, 0.29) is 30.3 Å². The fraction of sp³-hybridized carbons (Fsp3) is 0.394. The second kappa shape index (κ2) is 14.0. The molecule has 0 unspecified atom stereocenters. The van der Waals surface area contributed by atoms with Gasteiger partial charge in [-0.25, -0.2) is 9.79 Å². The van der Waals surface area contributed by atoms with Crippen molar-refractivity contribution in [2.24, 2.45) is 4.99 Å². The van der Waals surface area contributed by atoms with Gasteiger partial charge in [0.15, 0.2) is 22.9 Å². The summed E-state index contributed by atoms with van der Waals surface area (Å²) in [6, 6.07) is 9.71. The van der Waals surface area contributed by atoms with E-state index in [1.165, 1.54) is 23.0 Å². The Morgan fingerprint density at radius 1 is 0.978 bits per heavy atom. The third-order valence-corrected chi connectivity index (χ3v) is 8.61. The van der Waals surface area contributed by atoms with Crippen molar-refractivity contribution in [1.29, 1.82) is 0 Å². The van der Waals surface area contributed by atoms with Crippen LogP contribution in [0.2, 0.25) is 0 Å². The Morgan fingerprint density at radius 3 is 2.44 bits per heavy atom. The van der Waals surface area contributed by atoms with Crippen LogP contribution < -0.4 is 33.8 Å². The highest BCUT2D eigenvalue weighted by Gasteiger charge is 2.35. The number of fused-ring (bicyclic) bond motifs is 1. The van der Waals surface area contributed by atoms with Gasteiger partial charge in [0.1, 0.15) is 17.5 Å². The zero-order valence-electron chi connectivity index (χ0n) is 26.1. The standard InChI is InChI=1S/C33H37N3O8S/c1-6-42-26-16-21(10-13-24(26)44-19-28(37)35-14-8-9-15-35)17-27-31(38)36-30(23-12-11-22(40-4)18-25(23)41-5)29(32(39)43-7-2)20(3)34-33(36)45-27/h10-13,16-18,30H,6-9,14-15,19H2,1-5H3/b27-17+/t30-/m0/s1. The lowest BCUT2D eigenvalue weighted by molar-refractivity contribution is -0.139. The van der Waals surface area contributed by atoms with Crippen LogP contribution in [0.3, 0.4) is 0 Å². The second-order valence-corrected chi connectivity index (χ2v) is 11.4. The molecule has 1 aromatic heterocycles. The van der Waals surface area contributed by atoms with Gasteiger partial charge in [0.2, 0.25) is 0 Å². The maximum atomic E-state index is 14.1. The summed E-state index contributed by atoms with van der Waals surface area (Å²) in [5.74, 6) is 1.32. The third-order valence-electron chi connectivity index (χ3n) is 7.63. The molecule has 0 aliphatic carbocycles. The van der Waals surface area contributed by atoms with E-state index < -0.39 is 12.0 Å². The highest BCUT2D eigenvalue weighted by atomic mass is 32.1. The average Bonchev–Trinajstić information content (AvgIpc) is 3.68. The number of amides is 1. The summed E-state index contributed by atoms with van der Waals surface area (Å²) in [5, 5.41) is 0. The zero-order valence-corrected chi connectivity index (χ0v) is 26.9. The van der Waals surface area contributed by atoms with Crippen LogP contribution in [-0.2, 0) is 14.3 Å². The van der Waals surface area contributed by atoms with Crippen molar-refractivity contribution in [3.8, 4) is 23.0 Å². The molecule has 12 heteroatoms. The molecule has 0 radical (unpaired) electrons. The minimum atomic E-state index is -0.841. The van der Waals surface area contributed by atoms with Crippen LogP contribution in [0, 0.1) is 0 Å². The van der Waals surface area contributed by atoms with Gasteiger partial charge in [-0.1, -0.05) is 17.4 Å². The summed E-state index contributed by atoms with van der Waals surface area (Å²) in [6.45, 7) is 7.31. The molecule has 0 N–H and O–H groups in total. The van der Waals surface area contributed by atoms with Crippen molar-refractivity contribution in [3.63, 3.8) is 0 Å². The second-order valence-electron chi connectivity index (χ2n) is 10.4. The van der Waals surface area contributed by atoms with Gasteiger partial charge in [0.05, 0.1) is 43.2 Å². The van der Waals surface area contributed by atoms with Crippen LogP contribution in [0.15, 0.2) is 57.5 Å². The summed E-state index contributed by atoms with van der Waals surface area (Å²) in [5.41, 5.74) is 1.66. The molecule has 1 saturated heterocycles. The molecule has 238 valence electrons. The molecule has 2 aliphatic heterocycles. The van der Waals surface area contributed by atoms with E-state index in [0.717, 1.165) is 25.9 Å². The van der Waals surface area contributed by atoms with Crippen molar-refractivity contribution in [2.75, 3.05) is 47.1 Å². The normalized spacial score (nSPS) is 16.2. The Kier molecular flexibility index (Phi) is 9.92. The molecule has 0 saturated carbocycles. The Balaban J connectivity index is 1.56. The first kappa shape index (κ1) is 31.8. The van der Waals surface area contributed by atoms with Crippen molar-refractivity contribution < 1.29 is 33.3 Å². The molecule has 0 spiro atoms. The number of hydrogen-bond acceptors (Lipinski definition) is 10. The van der Waals surface area contributed by atoms with E-state index in [0.29, 0.717) is 55.8 Å². The summed E-state index contributed by atoms with van der Waals surface area (Å²) in [7, 11) is 3.07.